The second-order valence-corrected chi connectivity index (χ2v) is 3.59. The van der Waals surface area contributed by atoms with Crippen LogP contribution in [0.5, 0.6) is 0 Å². The number of hydrogen-bond donors (Lipinski definition) is 1. The molecule has 1 fully saturated rings. The van der Waals surface area contributed by atoms with E-state index in [9.17, 15) is 14.4 Å². The number of ether oxygens (including phenoxy) is 1. The van der Waals surface area contributed by atoms with Crippen LogP contribution in [0.1, 0.15) is 23.3 Å². The summed E-state index contributed by atoms with van der Waals surface area (Å²) in [7, 11) is 0. The number of rotatable bonds is 3. The van der Waals surface area contributed by atoms with Gasteiger partial charge >= 0.3 is 5.97 Å². The summed E-state index contributed by atoms with van der Waals surface area (Å²) in [5, 5.41) is 6.01. The van der Waals surface area contributed by atoms with Gasteiger partial charge in [-0.25, -0.2) is 4.79 Å². The maximum Gasteiger partial charge on any atom is 0.356 e. The number of hydrogen-bond acceptors (Lipinski definition) is 5. The zero-order valence-corrected chi connectivity index (χ0v) is 9.01. The summed E-state index contributed by atoms with van der Waals surface area (Å²) in [5.74, 6) is -1.37. The molecule has 2 amide bonds. The van der Waals surface area contributed by atoms with Crippen LogP contribution in [0.4, 0.5) is 0 Å². The maximum atomic E-state index is 11.5. The van der Waals surface area contributed by atoms with E-state index in [1.165, 1.54) is 12.3 Å². The highest BCUT2D eigenvalue weighted by Crippen LogP contribution is 2.09. The molecule has 0 spiro atoms. The molecule has 2 rings (SSSR count). The average molecular weight is 237 g/mol. The quantitative estimate of drug-likeness (QED) is 0.729. The normalized spacial score (nSPS) is 15.1. The molecule has 1 aliphatic heterocycles. The lowest BCUT2D eigenvalue weighted by Gasteiger charge is -2.12. The number of esters is 1. The van der Waals surface area contributed by atoms with Gasteiger partial charge in [-0.05, 0) is 12.5 Å². The molecule has 1 aliphatic rings. The molecule has 2 heterocycles. The number of nitrogens with zero attached hydrogens (tertiary/aromatic N) is 2. The highest BCUT2D eigenvalue weighted by atomic mass is 16.5. The molecule has 0 unspecified atom stereocenters. The monoisotopic (exact) mass is 237 g/mol. The summed E-state index contributed by atoms with van der Waals surface area (Å²) < 4.78 is 4.76. The Bertz CT molecular complexity index is 440. The number of likely N-dealkylation sites (tertiary alicyclic amines) is 1. The first kappa shape index (κ1) is 11.3. The second-order valence-electron chi connectivity index (χ2n) is 3.59. The summed E-state index contributed by atoms with van der Waals surface area (Å²) in [6, 6.07) is 1.44. The second kappa shape index (κ2) is 4.77. The van der Waals surface area contributed by atoms with Gasteiger partial charge in [-0.3, -0.25) is 19.6 Å². The Morgan fingerprint density at radius 2 is 2.35 bits per heavy atom. The van der Waals surface area contributed by atoms with Crippen molar-refractivity contribution in [2.24, 2.45) is 0 Å². The minimum absolute atomic E-state index is 0.172. The number of amides is 2. The van der Waals surface area contributed by atoms with Crippen LogP contribution in [-0.4, -0.2) is 46.0 Å². The van der Waals surface area contributed by atoms with Crippen LogP contribution in [0.3, 0.4) is 0 Å². The van der Waals surface area contributed by atoms with Gasteiger partial charge in [0, 0.05) is 19.2 Å². The van der Waals surface area contributed by atoms with Crippen molar-refractivity contribution in [2.75, 3.05) is 13.2 Å². The summed E-state index contributed by atoms with van der Waals surface area (Å²) in [6.07, 6.45) is 2.45. The molecule has 90 valence electrons. The SMILES string of the molecule is O=C(OCC(=O)N1CCCC1=O)c1ccn[nH]1. The van der Waals surface area contributed by atoms with E-state index >= 15 is 0 Å². The summed E-state index contributed by atoms with van der Waals surface area (Å²) in [5.41, 5.74) is 0.172. The largest absolute Gasteiger partial charge is 0.451 e. The molecule has 1 aromatic rings. The van der Waals surface area contributed by atoms with Crippen LogP contribution in [0.25, 0.3) is 0 Å². The first-order valence-corrected chi connectivity index (χ1v) is 5.18. The number of nitrogens with one attached hydrogen (secondary N) is 1. The molecular weight excluding hydrogens is 226 g/mol. The zero-order valence-electron chi connectivity index (χ0n) is 9.01. The lowest BCUT2D eigenvalue weighted by atomic mass is 10.4. The molecule has 0 radical (unpaired) electrons. The average Bonchev–Trinajstić information content (AvgIpc) is 2.95. The van der Waals surface area contributed by atoms with Crippen molar-refractivity contribution < 1.29 is 19.1 Å². The smallest absolute Gasteiger partial charge is 0.356 e. The fraction of sp³-hybridized carbons (Fsp3) is 0.400. The molecular formula is C10H11N3O4. The van der Waals surface area contributed by atoms with E-state index in [1.54, 1.807) is 0 Å². The van der Waals surface area contributed by atoms with Gasteiger partial charge in [-0.1, -0.05) is 0 Å². The third-order valence-electron chi connectivity index (χ3n) is 2.42. The zero-order chi connectivity index (χ0) is 12.3. The highest BCUT2D eigenvalue weighted by molar-refractivity contribution is 5.98. The van der Waals surface area contributed by atoms with Crippen molar-refractivity contribution in [3.8, 4) is 0 Å². The topological polar surface area (TPSA) is 92.4 Å². The first-order chi connectivity index (χ1) is 8.18. The standard InChI is InChI=1S/C10H11N3O4/c14-8-2-1-5-13(8)9(15)6-17-10(16)7-3-4-11-12-7/h3-4H,1-2,5-6H2,(H,11,12). The molecule has 1 aromatic heterocycles. The first-order valence-electron chi connectivity index (χ1n) is 5.18. The van der Waals surface area contributed by atoms with E-state index < -0.39 is 18.5 Å². The van der Waals surface area contributed by atoms with Crippen molar-refractivity contribution in [3.63, 3.8) is 0 Å². The van der Waals surface area contributed by atoms with E-state index in [1.807, 2.05) is 0 Å². The number of carbonyl (C=O) groups excluding carboxylic acids is 3. The Hall–Kier alpha value is -2.18. The number of carbonyl (C=O) groups is 3. The molecule has 7 nitrogen and oxygen atoms in total. The van der Waals surface area contributed by atoms with E-state index in [0.29, 0.717) is 19.4 Å². The summed E-state index contributed by atoms with van der Waals surface area (Å²) in [6.45, 7) is -0.0249. The van der Waals surface area contributed by atoms with E-state index in [0.717, 1.165) is 4.90 Å². The molecule has 0 saturated carbocycles. The van der Waals surface area contributed by atoms with Crippen LogP contribution in [0, 0.1) is 0 Å². The predicted molar refractivity (Wildman–Crippen MR) is 54.8 cm³/mol. The van der Waals surface area contributed by atoms with Crippen LogP contribution >= 0.6 is 0 Å². The van der Waals surface area contributed by atoms with Gasteiger partial charge < -0.3 is 4.74 Å². The van der Waals surface area contributed by atoms with Gasteiger partial charge in [0.15, 0.2) is 6.61 Å². The number of H-pyrrole nitrogens is 1. The molecule has 0 bridgehead atoms. The molecule has 1 N–H and O–H groups in total. The number of aromatic amines is 1. The molecule has 1 saturated heterocycles. The number of aromatic nitrogens is 2. The van der Waals surface area contributed by atoms with Crippen LogP contribution in [-0.2, 0) is 14.3 Å². The minimum Gasteiger partial charge on any atom is -0.451 e. The minimum atomic E-state index is -0.664. The van der Waals surface area contributed by atoms with Crippen molar-refractivity contribution in [1.29, 1.82) is 0 Å². The number of imide groups is 1. The third-order valence-corrected chi connectivity index (χ3v) is 2.42. The fourth-order valence-corrected chi connectivity index (χ4v) is 1.56. The van der Waals surface area contributed by atoms with Crippen molar-refractivity contribution in [1.82, 2.24) is 15.1 Å². The lowest BCUT2D eigenvalue weighted by molar-refractivity contribution is -0.143. The van der Waals surface area contributed by atoms with E-state index in [4.69, 9.17) is 4.74 Å². The van der Waals surface area contributed by atoms with E-state index in [2.05, 4.69) is 10.2 Å². The molecule has 0 aromatic carbocycles. The summed E-state index contributed by atoms with van der Waals surface area (Å²) in [4.78, 5) is 35.2. The predicted octanol–water partition coefficient (Wildman–Crippen LogP) is -0.285. The van der Waals surface area contributed by atoms with Crippen LogP contribution < -0.4 is 0 Å². The van der Waals surface area contributed by atoms with Gasteiger partial charge in [0.05, 0.1) is 0 Å². The van der Waals surface area contributed by atoms with Gasteiger partial charge in [0.2, 0.25) is 5.91 Å². The Morgan fingerprint density at radius 3 is 2.94 bits per heavy atom. The molecule has 0 aliphatic carbocycles. The van der Waals surface area contributed by atoms with Crippen molar-refractivity contribution in [3.05, 3.63) is 18.0 Å². The molecule has 0 atom stereocenters. The highest BCUT2D eigenvalue weighted by Gasteiger charge is 2.27. The Labute approximate surface area is 96.7 Å². The van der Waals surface area contributed by atoms with Gasteiger partial charge in [0.25, 0.3) is 5.91 Å². The van der Waals surface area contributed by atoms with Crippen LogP contribution in [0.15, 0.2) is 12.3 Å². The van der Waals surface area contributed by atoms with Crippen LogP contribution in [0.2, 0.25) is 0 Å². The summed E-state index contributed by atoms with van der Waals surface area (Å²) >= 11 is 0. The molecule has 17 heavy (non-hydrogen) atoms. The Morgan fingerprint density at radius 1 is 1.53 bits per heavy atom. The van der Waals surface area contributed by atoms with Gasteiger partial charge in [-0.15, -0.1) is 0 Å². The van der Waals surface area contributed by atoms with Gasteiger partial charge in [-0.2, -0.15) is 5.10 Å². The fourth-order valence-electron chi connectivity index (χ4n) is 1.56. The Balaban J connectivity index is 1.84. The van der Waals surface area contributed by atoms with Gasteiger partial charge in [0.1, 0.15) is 5.69 Å². The Kier molecular flexibility index (Phi) is 3.17. The van der Waals surface area contributed by atoms with Crippen molar-refractivity contribution in [2.45, 2.75) is 12.8 Å². The van der Waals surface area contributed by atoms with Crippen molar-refractivity contribution >= 4 is 17.8 Å². The third kappa shape index (κ3) is 2.49. The van der Waals surface area contributed by atoms with E-state index in [-0.39, 0.29) is 11.6 Å². The lowest BCUT2D eigenvalue weighted by Crippen LogP contribution is -2.35. The molecule has 7 heteroatoms. The maximum absolute atomic E-state index is 11.5.